The fourth-order valence-electron chi connectivity index (χ4n) is 2.20. The van der Waals surface area contributed by atoms with E-state index < -0.39 is 0 Å². The first-order valence-electron chi connectivity index (χ1n) is 8.74. The topological polar surface area (TPSA) is 6.48 Å². The molecule has 0 saturated carbocycles. The Labute approximate surface area is 132 Å². The van der Waals surface area contributed by atoms with Crippen LogP contribution in [0.25, 0.3) is 0 Å². The van der Waals surface area contributed by atoms with Gasteiger partial charge in [-0.15, -0.1) is 0 Å². The van der Waals surface area contributed by atoms with Crippen molar-refractivity contribution in [3.05, 3.63) is 0 Å². The summed E-state index contributed by atoms with van der Waals surface area (Å²) in [4.78, 5) is 4.90. The van der Waals surface area contributed by atoms with Gasteiger partial charge in [0.15, 0.2) is 5.11 Å². The molecule has 3 heteroatoms. The van der Waals surface area contributed by atoms with Gasteiger partial charge in [0.1, 0.15) is 0 Å². The first-order valence-corrected chi connectivity index (χ1v) is 9.15. The number of nitrogens with zero attached hydrogens (tertiary/aromatic N) is 2. The molecule has 0 N–H and O–H groups in total. The van der Waals surface area contributed by atoms with Crippen LogP contribution in [0.4, 0.5) is 0 Å². The molecule has 0 bridgehead atoms. The fraction of sp³-hybridized carbons (Fsp3) is 0.941. The lowest BCUT2D eigenvalue weighted by molar-refractivity contribution is 0.311. The molecule has 20 heavy (non-hydrogen) atoms. The Morgan fingerprint density at radius 1 is 0.600 bits per heavy atom. The maximum absolute atomic E-state index is 5.80. The van der Waals surface area contributed by atoms with E-state index in [1.165, 1.54) is 51.4 Å². The van der Waals surface area contributed by atoms with Crippen LogP contribution in [-0.4, -0.2) is 41.1 Å². The van der Waals surface area contributed by atoms with Crippen LogP contribution >= 0.6 is 12.2 Å². The predicted molar refractivity (Wildman–Crippen MR) is 95.4 cm³/mol. The molecule has 0 aliphatic carbocycles. The minimum atomic E-state index is 1.11. The Hall–Kier alpha value is -0.310. The van der Waals surface area contributed by atoms with Gasteiger partial charge in [-0.2, -0.15) is 0 Å². The molecule has 0 aromatic rings. The van der Waals surface area contributed by atoms with Crippen molar-refractivity contribution in [1.82, 2.24) is 9.80 Å². The lowest BCUT2D eigenvalue weighted by Crippen LogP contribution is -2.44. The molecule has 0 fully saturated rings. The van der Waals surface area contributed by atoms with E-state index in [0.717, 1.165) is 31.3 Å². The third-order valence-corrected chi connectivity index (χ3v) is 4.18. The van der Waals surface area contributed by atoms with Crippen molar-refractivity contribution in [2.45, 2.75) is 79.1 Å². The van der Waals surface area contributed by atoms with E-state index in [4.69, 9.17) is 12.2 Å². The number of thiocarbonyl (C=S) groups is 1. The van der Waals surface area contributed by atoms with E-state index in [-0.39, 0.29) is 0 Å². The molecule has 0 aliphatic rings. The van der Waals surface area contributed by atoms with Crippen LogP contribution in [0.2, 0.25) is 0 Å². The molecule has 0 aliphatic heterocycles. The van der Waals surface area contributed by atoms with E-state index in [9.17, 15) is 0 Å². The van der Waals surface area contributed by atoms with Crippen molar-refractivity contribution < 1.29 is 0 Å². The van der Waals surface area contributed by atoms with Crippen LogP contribution < -0.4 is 0 Å². The molecular formula is C17H36N2S. The van der Waals surface area contributed by atoms with Gasteiger partial charge in [0.05, 0.1) is 0 Å². The van der Waals surface area contributed by atoms with Crippen molar-refractivity contribution >= 4 is 17.3 Å². The minimum Gasteiger partial charge on any atom is -0.349 e. The van der Waals surface area contributed by atoms with Crippen LogP contribution in [0, 0.1) is 0 Å². The van der Waals surface area contributed by atoms with Crippen molar-refractivity contribution in [3.8, 4) is 0 Å². The predicted octanol–water partition coefficient (Wildman–Crippen LogP) is 5.08. The molecule has 0 rings (SSSR count). The number of hydrogen-bond donors (Lipinski definition) is 0. The summed E-state index contributed by atoms with van der Waals surface area (Å²) < 4.78 is 0. The van der Waals surface area contributed by atoms with Gasteiger partial charge < -0.3 is 9.80 Å². The second kappa shape index (κ2) is 13.7. The number of hydrogen-bond acceptors (Lipinski definition) is 1. The highest BCUT2D eigenvalue weighted by atomic mass is 32.1. The van der Waals surface area contributed by atoms with Crippen LogP contribution in [-0.2, 0) is 0 Å². The first kappa shape index (κ1) is 19.7. The molecule has 0 saturated heterocycles. The highest BCUT2D eigenvalue weighted by Crippen LogP contribution is 2.08. The number of rotatable bonds is 12. The van der Waals surface area contributed by atoms with E-state index in [0.29, 0.717) is 0 Å². The quantitative estimate of drug-likeness (QED) is 0.464. The summed E-state index contributed by atoms with van der Waals surface area (Å²) in [7, 11) is 0. The Balaban J connectivity index is 4.54. The Morgan fingerprint density at radius 3 is 1.05 bits per heavy atom. The maximum Gasteiger partial charge on any atom is 0.171 e. The van der Waals surface area contributed by atoms with Crippen LogP contribution in [0.15, 0.2) is 0 Å². The summed E-state index contributed by atoms with van der Waals surface area (Å²) in [6.07, 6.45) is 9.98. The van der Waals surface area contributed by atoms with E-state index >= 15 is 0 Å². The lowest BCUT2D eigenvalue weighted by atomic mass is 10.2. The zero-order chi connectivity index (χ0) is 15.2. The fourth-order valence-corrected chi connectivity index (χ4v) is 2.57. The summed E-state index contributed by atoms with van der Waals surface area (Å²) in [5.41, 5.74) is 0. The van der Waals surface area contributed by atoms with Gasteiger partial charge >= 0.3 is 0 Å². The summed E-state index contributed by atoms with van der Waals surface area (Å²) in [6.45, 7) is 13.5. The van der Waals surface area contributed by atoms with E-state index in [1.54, 1.807) is 0 Å². The largest absolute Gasteiger partial charge is 0.349 e. The average Bonchev–Trinajstić information content (AvgIpc) is 2.47. The molecule has 2 nitrogen and oxygen atoms in total. The third kappa shape index (κ3) is 8.78. The first-order chi connectivity index (χ1) is 9.71. The molecule has 0 aromatic carbocycles. The molecular weight excluding hydrogens is 264 g/mol. The molecule has 0 unspecified atom stereocenters. The summed E-state index contributed by atoms with van der Waals surface area (Å²) in [5.74, 6) is 0. The van der Waals surface area contributed by atoms with Crippen molar-refractivity contribution in [1.29, 1.82) is 0 Å². The van der Waals surface area contributed by atoms with Gasteiger partial charge in [0, 0.05) is 26.2 Å². The normalized spacial score (nSPS) is 10.6. The van der Waals surface area contributed by atoms with Crippen molar-refractivity contribution in [2.24, 2.45) is 0 Å². The smallest absolute Gasteiger partial charge is 0.171 e. The second-order valence-corrected chi connectivity index (χ2v) is 6.04. The zero-order valence-corrected chi connectivity index (χ0v) is 15.1. The summed E-state index contributed by atoms with van der Waals surface area (Å²) in [5, 5.41) is 1.11. The molecule has 0 amide bonds. The lowest BCUT2D eigenvalue weighted by Gasteiger charge is -2.34. The van der Waals surface area contributed by atoms with Crippen LogP contribution in [0.3, 0.4) is 0 Å². The summed E-state index contributed by atoms with van der Waals surface area (Å²) >= 11 is 5.80. The van der Waals surface area contributed by atoms with E-state index in [1.807, 2.05) is 0 Å². The van der Waals surface area contributed by atoms with E-state index in [2.05, 4.69) is 37.5 Å². The average molecular weight is 301 g/mol. The highest BCUT2D eigenvalue weighted by Gasteiger charge is 2.15. The second-order valence-electron chi connectivity index (χ2n) is 5.67. The molecule has 120 valence electrons. The monoisotopic (exact) mass is 300 g/mol. The molecule has 0 radical (unpaired) electrons. The van der Waals surface area contributed by atoms with Gasteiger partial charge in [-0.3, -0.25) is 0 Å². The van der Waals surface area contributed by atoms with Gasteiger partial charge in [-0.25, -0.2) is 0 Å². The SMILES string of the molecule is CCCCN(CCCC)C(=S)N(CCCC)CCCC. The maximum atomic E-state index is 5.80. The Kier molecular flexibility index (Phi) is 13.5. The standard InChI is InChI=1S/C17H36N2S/c1-5-9-13-18(14-10-6-2)17(20)19(15-11-7-3)16-12-8-4/h5-16H2,1-4H3. The zero-order valence-electron chi connectivity index (χ0n) is 14.3. The van der Waals surface area contributed by atoms with Crippen LogP contribution in [0.1, 0.15) is 79.1 Å². The highest BCUT2D eigenvalue weighted by molar-refractivity contribution is 7.80. The molecule has 0 atom stereocenters. The Morgan fingerprint density at radius 2 is 0.850 bits per heavy atom. The van der Waals surface area contributed by atoms with Crippen molar-refractivity contribution in [2.75, 3.05) is 26.2 Å². The van der Waals surface area contributed by atoms with Gasteiger partial charge in [-0.1, -0.05) is 53.4 Å². The van der Waals surface area contributed by atoms with Gasteiger partial charge in [0.25, 0.3) is 0 Å². The molecule has 0 heterocycles. The van der Waals surface area contributed by atoms with Crippen LogP contribution in [0.5, 0.6) is 0 Å². The molecule has 0 spiro atoms. The van der Waals surface area contributed by atoms with Gasteiger partial charge in [0.2, 0.25) is 0 Å². The number of unbranched alkanes of at least 4 members (excludes halogenated alkanes) is 4. The minimum absolute atomic E-state index is 1.11. The Bertz CT molecular complexity index is 193. The molecule has 0 aromatic heterocycles. The third-order valence-electron chi connectivity index (χ3n) is 3.67. The van der Waals surface area contributed by atoms with Crippen molar-refractivity contribution in [3.63, 3.8) is 0 Å². The summed E-state index contributed by atoms with van der Waals surface area (Å²) in [6, 6.07) is 0. The van der Waals surface area contributed by atoms with Gasteiger partial charge in [-0.05, 0) is 37.9 Å².